The molecule has 0 radical (unpaired) electrons. The number of ether oxygens (including phenoxy) is 1. The molecule has 0 amide bonds. The van der Waals surface area contributed by atoms with E-state index in [4.69, 9.17) is 10.5 Å². The van der Waals surface area contributed by atoms with Gasteiger partial charge in [0.1, 0.15) is 0 Å². The molecule has 4 heteroatoms. The van der Waals surface area contributed by atoms with Crippen molar-refractivity contribution in [3.8, 4) is 5.75 Å². The van der Waals surface area contributed by atoms with E-state index in [9.17, 15) is 0 Å². The minimum absolute atomic E-state index is 0.0347. The van der Waals surface area contributed by atoms with E-state index in [1.807, 2.05) is 4.68 Å². The van der Waals surface area contributed by atoms with E-state index >= 15 is 0 Å². The molecule has 1 aliphatic carbocycles. The summed E-state index contributed by atoms with van der Waals surface area (Å²) in [6, 6.07) is 0.346. The number of aromatic nitrogens is 2. The maximum Gasteiger partial charge on any atom is 0.161 e. The van der Waals surface area contributed by atoms with Crippen LogP contribution in [0.5, 0.6) is 5.75 Å². The first-order valence-corrected chi connectivity index (χ1v) is 8.45. The molecular weight excluding hydrogens is 262 g/mol. The summed E-state index contributed by atoms with van der Waals surface area (Å²) in [7, 11) is 1.70. The zero-order valence-corrected chi connectivity index (χ0v) is 14.0. The fraction of sp³-hybridized carbons (Fsp3) is 0.824. The fourth-order valence-corrected chi connectivity index (χ4v) is 3.71. The molecule has 1 saturated carbocycles. The van der Waals surface area contributed by atoms with Gasteiger partial charge in [-0.05, 0) is 38.5 Å². The van der Waals surface area contributed by atoms with Gasteiger partial charge in [0.2, 0.25) is 0 Å². The van der Waals surface area contributed by atoms with Crippen LogP contribution < -0.4 is 10.5 Å². The summed E-state index contributed by atoms with van der Waals surface area (Å²) < 4.78 is 7.51. The van der Waals surface area contributed by atoms with Crippen LogP contribution in [0.2, 0.25) is 0 Å². The monoisotopic (exact) mass is 293 g/mol. The summed E-state index contributed by atoms with van der Waals surface area (Å²) in [6.07, 6.45) is 9.59. The van der Waals surface area contributed by atoms with E-state index in [-0.39, 0.29) is 6.04 Å². The molecule has 2 N–H and O–H groups in total. The molecule has 1 aliphatic rings. The molecule has 1 aromatic heterocycles. The second-order valence-corrected chi connectivity index (χ2v) is 6.73. The fourth-order valence-electron chi connectivity index (χ4n) is 3.71. The third-order valence-corrected chi connectivity index (χ3v) is 4.92. The minimum atomic E-state index is 0.0347. The quantitative estimate of drug-likeness (QED) is 0.860. The Bertz CT molecular complexity index is 433. The van der Waals surface area contributed by atoms with Gasteiger partial charge >= 0.3 is 0 Å². The highest BCUT2D eigenvalue weighted by Gasteiger charge is 2.30. The Hall–Kier alpha value is -1.03. The summed E-state index contributed by atoms with van der Waals surface area (Å²) in [5.74, 6) is 2.31. The predicted octanol–water partition coefficient (Wildman–Crippen LogP) is 4.08. The van der Waals surface area contributed by atoms with Gasteiger partial charge < -0.3 is 10.5 Å². The van der Waals surface area contributed by atoms with Crippen molar-refractivity contribution in [2.75, 3.05) is 7.11 Å². The second kappa shape index (κ2) is 7.30. The van der Waals surface area contributed by atoms with Crippen LogP contribution >= 0.6 is 0 Å². The highest BCUT2D eigenvalue weighted by molar-refractivity contribution is 5.29. The summed E-state index contributed by atoms with van der Waals surface area (Å²) in [4.78, 5) is 0. The van der Waals surface area contributed by atoms with Crippen molar-refractivity contribution in [3.05, 3.63) is 11.9 Å². The Labute approximate surface area is 129 Å². The van der Waals surface area contributed by atoms with Crippen LogP contribution in [0.3, 0.4) is 0 Å². The van der Waals surface area contributed by atoms with Crippen molar-refractivity contribution >= 4 is 0 Å². The van der Waals surface area contributed by atoms with Crippen LogP contribution in [0.25, 0.3) is 0 Å². The standard InChI is InChI=1S/C17H31N3O/c1-5-6-13-7-9-14(10-8-13)16(18)17-15(21-4)11-19-20(17)12(2)3/h11-14,16H,5-10,18H2,1-4H3. The van der Waals surface area contributed by atoms with E-state index in [0.717, 1.165) is 17.4 Å². The van der Waals surface area contributed by atoms with Crippen LogP contribution in [-0.2, 0) is 0 Å². The lowest BCUT2D eigenvalue weighted by Crippen LogP contribution is -2.29. The molecule has 1 aromatic rings. The molecule has 120 valence electrons. The van der Waals surface area contributed by atoms with Crippen molar-refractivity contribution in [1.82, 2.24) is 9.78 Å². The molecule has 2 rings (SSSR count). The molecule has 1 fully saturated rings. The van der Waals surface area contributed by atoms with Crippen LogP contribution in [0.4, 0.5) is 0 Å². The Balaban J connectivity index is 2.10. The van der Waals surface area contributed by atoms with Crippen LogP contribution in [-0.4, -0.2) is 16.9 Å². The summed E-state index contributed by atoms with van der Waals surface area (Å²) >= 11 is 0. The van der Waals surface area contributed by atoms with Crippen molar-refractivity contribution in [1.29, 1.82) is 0 Å². The van der Waals surface area contributed by atoms with Crippen LogP contribution in [0, 0.1) is 11.8 Å². The molecule has 21 heavy (non-hydrogen) atoms. The van der Waals surface area contributed by atoms with Gasteiger partial charge in [-0.2, -0.15) is 5.10 Å². The lowest BCUT2D eigenvalue weighted by atomic mass is 9.76. The minimum Gasteiger partial charge on any atom is -0.493 e. The van der Waals surface area contributed by atoms with Gasteiger partial charge in [-0.15, -0.1) is 0 Å². The topological polar surface area (TPSA) is 53.1 Å². The van der Waals surface area contributed by atoms with E-state index < -0.39 is 0 Å². The van der Waals surface area contributed by atoms with Gasteiger partial charge in [-0.3, -0.25) is 4.68 Å². The number of hydrogen-bond acceptors (Lipinski definition) is 3. The second-order valence-electron chi connectivity index (χ2n) is 6.73. The molecule has 4 nitrogen and oxygen atoms in total. The lowest BCUT2D eigenvalue weighted by molar-refractivity contribution is 0.225. The molecule has 1 heterocycles. The van der Waals surface area contributed by atoms with E-state index in [2.05, 4.69) is 25.9 Å². The van der Waals surface area contributed by atoms with Gasteiger partial charge in [0.25, 0.3) is 0 Å². The molecule has 1 atom stereocenters. The molecule has 0 aliphatic heterocycles. The van der Waals surface area contributed by atoms with Crippen LogP contribution in [0.15, 0.2) is 6.20 Å². The molecule has 0 aromatic carbocycles. The van der Waals surface area contributed by atoms with E-state index in [1.54, 1.807) is 13.3 Å². The average molecular weight is 293 g/mol. The summed E-state index contributed by atoms with van der Waals surface area (Å²) in [5.41, 5.74) is 7.68. The zero-order valence-electron chi connectivity index (χ0n) is 14.0. The number of nitrogens with zero attached hydrogens (tertiary/aromatic N) is 2. The Kier molecular flexibility index (Phi) is 5.68. The third kappa shape index (κ3) is 3.60. The normalized spacial score (nSPS) is 24.3. The number of methoxy groups -OCH3 is 1. The highest BCUT2D eigenvalue weighted by atomic mass is 16.5. The van der Waals surface area contributed by atoms with Crippen molar-refractivity contribution < 1.29 is 4.74 Å². The van der Waals surface area contributed by atoms with Gasteiger partial charge in [0, 0.05) is 6.04 Å². The first-order valence-electron chi connectivity index (χ1n) is 8.45. The first kappa shape index (κ1) is 16.3. The molecule has 0 saturated heterocycles. The van der Waals surface area contributed by atoms with Crippen LogP contribution in [0.1, 0.15) is 77.1 Å². The summed E-state index contributed by atoms with van der Waals surface area (Å²) in [5, 5.41) is 4.46. The van der Waals surface area contributed by atoms with Crippen molar-refractivity contribution in [2.45, 2.75) is 71.4 Å². The Morgan fingerprint density at radius 1 is 1.33 bits per heavy atom. The molecule has 0 spiro atoms. The molecular formula is C17H31N3O. The first-order chi connectivity index (χ1) is 10.1. The van der Waals surface area contributed by atoms with E-state index in [1.165, 1.54) is 38.5 Å². The lowest BCUT2D eigenvalue weighted by Gasteiger charge is -2.32. The zero-order chi connectivity index (χ0) is 15.4. The maximum absolute atomic E-state index is 6.61. The highest BCUT2D eigenvalue weighted by Crippen LogP contribution is 2.40. The number of nitrogens with two attached hydrogens (primary N) is 1. The largest absolute Gasteiger partial charge is 0.493 e. The number of rotatable bonds is 6. The third-order valence-electron chi connectivity index (χ3n) is 4.92. The number of hydrogen-bond donors (Lipinski definition) is 1. The average Bonchev–Trinajstić information content (AvgIpc) is 2.91. The smallest absolute Gasteiger partial charge is 0.161 e. The predicted molar refractivity (Wildman–Crippen MR) is 86.4 cm³/mol. The van der Waals surface area contributed by atoms with E-state index in [0.29, 0.717) is 12.0 Å². The SMILES string of the molecule is CCCC1CCC(C(N)c2c(OC)cnn2C(C)C)CC1. The summed E-state index contributed by atoms with van der Waals surface area (Å²) in [6.45, 7) is 6.56. The van der Waals surface area contributed by atoms with Gasteiger partial charge in [0.05, 0.1) is 25.0 Å². The van der Waals surface area contributed by atoms with Crippen molar-refractivity contribution in [3.63, 3.8) is 0 Å². The van der Waals surface area contributed by atoms with Gasteiger partial charge in [-0.1, -0.05) is 32.6 Å². The Morgan fingerprint density at radius 3 is 2.52 bits per heavy atom. The molecule has 1 unspecified atom stereocenters. The molecule has 0 bridgehead atoms. The Morgan fingerprint density at radius 2 is 2.00 bits per heavy atom. The van der Waals surface area contributed by atoms with Gasteiger partial charge in [0.15, 0.2) is 5.75 Å². The maximum atomic E-state index is 6.61. The van der Waals surface area contributed by atoms with Gasteiger partial charge in [-0.25, -0.2) is 0 Å². The van der Waals surface area contributed by atoms with Crippen molar-refractivity contribution in [2.24, 2.45) is 17.6 Å².